The van der Waals surface area contributed by atoms with E-state index in [4.69, 9.17) is 5.26 Å². The van der Waals surface area contributed by atoms with Gasteiger partial charge >= 0.3 is 0 Å². The van der Waals surface area contributed by atoms with Crippen LogP contribution in [0.4, 0.5) is 8.78 Å². The molecule has 2 rings (SSSR count). The summed E-state index contributed by atoms with van der Waals surface area (Å²) in [6.07, 6.45) is 0. The van der Waals surface area contributed by atoms with Gasteiger partial charge in [0.1, 0.15) is 6.07 Å². The highest BCUT2D eigenvalue weighted by Crippen LogP contribution is 2.26. The van der Waals surface area contributed by atoms with Crippen molar-refractivity contribution in [2.75, 3.05) is 0 Å². The average Bonchev–Trinajstić information content (AvgIpc) is 2.33. The average molecular weight is 215 g/mol. The van der Waals surface area contributed by atoms with E-state index < -0.39 is 11.6 Å². The minimum absolute atomic E-state index is 0.258. The number of nitrogens with zero attached hydrogens (tertiary/aromatic N) is 1. The Labute approximate surface area is 91.6 Å². The van der Waals surface area contributed by atoms with E-state index in [1.54, 1.807) is 30.3 Å². The second kappa shape index (κ2) is 4.11. The van der Waals surface area contributed by atoms with Gasteiger partial charge in [-0.2, -0.15) is 5.26 Å². The van der Waals surface area contributed by atoms with Gasteiger partial charge in [-0.3, -0.25) is 0 Å². The van der Waals surface area contributed by atoms with Crippen LogP contribution in [0.25, 0.3) is 11.1 Å². The lowest BCUT2D eigenvalue weighted by molar-refractivity contribution is 0.507. The first-order chi connectivity index (χ1) is 7.74. The molecule has 0 saturated carbocycles. The van der Waals surface area contributed by atoms with Crippen molar-refractivity contribution in [3.8, 4) is 17.2 Å². The Balaban J connectivity index is 2.68. The van der Waals surface area contributed by atoms with E-state index >= 15 is 0 Å². The van der Waals surface area contributed by atoms with Gasteiger partial charge in [0.25, 0.3) is 0 Å². The summed E-state index contributed by atoms with van der Waals surface area (Å²) in [6.45, 7) is 0. The third-order valence-electron chi connectivity index (χ3n) is 2.29. The Morgan fingerprint density at radius 3 is 2.25 bits per heavy atom. The van der Waals surface area contributed by atoms with Crippen LogP contribution >= 0.6 is 0 Å². The van der Waals surface area contributed by atoms with Gasteiger partial charge in [-0.25, -0.2) is 8.78 Å². The summed E-state index contributed by atoms with van der Waals surface area (Å²) >= 11 is 0. The third-order valence-corrected chi connectivity index (χ3v) is 2.29. The molecule has 0 atom stereocenters. The van der Waals surface area contributed by atoms with Gasteiger partial charge in [0.2, 0.25) is 0 Å². The highest BCUT2D eigenvalue weighted by molar-refractivity contribution is 5.70. The molecule has 16 heavy (non-hydrogen) atoms. The molecule has 0 bridgehead atoms. The first kappa shape index (κ1) is 10.3. The van der Waals surface area contributed by atoms with Gasteiger partial charge in [-0.15, -0.1) is 0 Å². The summed E-state index contributed by atoms with van der Waals surface area (Å²) in [5.41, 5.74) is 0.839. The SMILES string of the molecule is N#Cc1c(-c2ccccc2)ccc(F)c1F. The minimum atomic E-state index is -1.09. The number of hydrogen-bond acceptors (Lipinski definition) is 1. The van der Waals surface area contributed by atoms with E-state index in [2.05, 4.69) is 0 Å². The number of hydrogen-bond donors (Lipinski definition) is 0. The summed E-state index contributed by atoms with van der Waals surface area (Å²) in [4.78, 5) is 0. The monoisotopic (exact) mass is 215 g/mol. The van der Waals surface area contributed by atoms with Crippen LogP contribution in [0.5, 0.6) is 0 Å². The van der Waals surface area contributed by atoms with Gasteiger partial charge in [0, 0.05) is 5.56 Å². The maximum Gasteiger partial charge on any atom is 0.177 e. The van der Waals surface area contributed by atoms with Crippen molar-refractivity contribution < 1.29 is 8.78 Å². The van der Waals surface area contributed by atoms with Crippen molar-refractivity contribution >= 4 is 0 Å². The lowest BCUT2D eigenvalue weighted by Gasteiger charge is -2.05. The standard InChI is InChI=1S/C13H7F2N/c14-12-7-6-10(11(8-16)13(12)15)9-4-2-1-3-5-9/h1-7H. The van der Waals surface area contributed by atoms with Crippen LogP contribution < -0.4 is 0 Å². The van der Waals surface area contributed by atoms with Crippen LogP contribution in [0.2, 0.25) is 0 Å². The molecule has 0 N–H and O–H groups in total. The van der Waals surface area contributed by atoms with Gasteiger partial charge in [0.05, 0.1) is 5.56 Å². The molecule has 0 heterocycles. The zero-order valence-corrected chi connectivity index (χ0v) is 8.24. The van der Waals surface area contributed by atoms with Gasteiger partial charge in [0.15, 0.2) is 11.6 Å². The smallest absolute Gasteiger partial charge is 0.177 e. The molecule has 0 unspecified atom stereocenters. The first-order valence-electron chi connectivity index (χ1n) is 4.67. The van der Waals surface area contributed by atoms with Crippen LogP contribution in [0.15, 0.2) is 42.5 Å². The molecule has 2 aromatic rings. The molecule has 2 aromatic carbocycles. The summed E-state index contributed by atoms with van der Waals surface area (Å²) in [7, 11) is 0. The molecular formula is C13H7F2N. The van der Waals surface area contributed by atoms with Crippen molar-refractivity contribution in [1.29, 1.82) is 5.26 Å². The second-order valence-corrected chi connectivity index (χ2v) is 3.26. The van der Waals surface area contributed by atoms with Gasteiger partial charge in [-0.1, -0.05) is 30.3 Å². The molecule has 0 saturated heterocycles. The van der Waals surface area contributed by atoms with Crippen molar-refractivity contribution in [1.82, 2.24) is 0 Å². The molecule has 0 radical (unpaired) electrons. The van der Waals surface area contributed by atoms with E-state index in [-0.39, 0.29) is 5.56 Å². The van der Waals surface area contributed by atoms with Crippen molar-refractivity contribution in [2.45, 2.75) is 0 Å². The Morgan fingerprint density at radius 1 is 0.938 bits per heavy atom. The van der Waals surface area contributed by atoms with Crippen LogP contribution in [0.1, 0.15) is 5.56 Å². The third kappa shape index (κ3) is 1.66. The topological polar surface area (TPSA) is 23.8 Å². The second-order valence-electron chi connectivity index (χ2n) is 3.26. The zero-order chi connectivity index (χ0) is 11.5. The number of benzene rings is 2. The first-order valence-corrected chi connectivity index (χ1v) is 4.67. The van der Waals surface area contributed by atoms with Crippen LogP contribution in [0.3, 0.4) is 0 Å². The van der Waals surface area contributed by atoms with Crippen molar-refractivity contribution in [3.63, 3.8) is 0 Å². The van der Waals surface area contributed by atoms with Crippen LogP contribution in [-0.2, 0) is 0 Å². The summed E-state index contributed by atoms with van der Waals surface area (Å²) in [5.74, 6) is -2.10. The highest BCUT2D eigenvalue weighted by atomic mass is 19.2. The van der Waals surface area contributed by atoms with Crippen molar-refractivity contribution in [2.24, 2.45) is 0 Å². The molecule has 0 spiro atoms. The number of rotatable bonds is 1. The fraction of sp³-hybridized carbons (Fsp3) is 0. The molecule has 0 amide bonds. The normalized spacial score (nSPS) is 9.81. The lowest BCUT2D eigenvalue weighted by Crippen LogP contribution is -1.93. The van der Waals surface area contributed by atoms with E-state index in [0.717, 1.165) is 6.07 Å². The molecule has 0 fully saturated rings. The fourth-order valence-corrected chi connectivity index (χ4v) is 1.52. The fourth-order valence-electron chi connectivity index (χ4n) is 1.52. The lowest BCUT2D eigenvalue weighted by atomic mass is 10.00. The summed E-state index contributed by atoms with van der Waals surface area (Å²) in [6, 6.07) is 13.0. The Morgan fingerprint density at radius 2 is 1.62 bits per heavy atom. The zero-order valence-electron chi connectivity index (χ0n) is 8.24. The molecule has 3 heteroatoms. The molecular weight excluding hydrogens is 208 g/mol. The van der Waals surface area contributed by atoms with Crippen LogP contribution in [-0.4, -0.2) is 0 Å². The predicted octanol–water partition coefficient (Wildman–Crippen LogP) is 3.50. The maximum absolute atomic E-state index is 13.4. The predicted molar refractivity (Wildman–Crippen MR) is 56.5 cm³/mol. The minimum Gasteiger partial charge on any atom is -0.204 e. The van der Waals surface area contributed by atoms with Crippen molar-refractivity contribution in [3.05, 3.63) is 59.7 Å². The molecule has 0 aliphatic carbocycles. The Bertz CT molecular complexity index is 556. The Hall–Kier alpha value is -2.21. The van der Waals surface area contributed by atoms with Crippen LogP contribution in [0, 0.1) is 23.0 Å². The Kier molecular flexibility index (Phi) is 2.65. The van der Waals surface area contributed by atoms with E-state index in [9.17, 15) is 8.78 Å². The molecule has 78 valence electrons. The van der Waals surface area contributed by atoms with Gasteiger partial charge in [-0.05, 0) is 17.7 Å². The van der Waals surface area contributed by atoms with E-state index in [1.807, 2.05) is 6.07 Å². The molecule has 0 aliphatic rings. The van der Waals surface area contributed by atoms with E-state index in [1.165, 1.54) is 6.07 Å². The molecule has 0 aliphatic heterocycles. The van der Waals surface area contributed by atoms with E-state index in [0.29, 0.717) is 11.1 Å². The van der Waals surface area contributed by atoms with Gasteiger partial charge < -0.3 is 0 Å². The molecule has 0 aromatic heterocycles. The summed E-state index contributed by atoms with van der Waals surface area (Å²) in [5, 5.41) is 8.83. The number of nitriles is 1. The molecule has 1 nitrogen and oxygen atoms in total. The number of halogens is 2. The quantitative estimate of drug-likeness (QED) is 0.714. The maximum atomic E-state index is 13.4. The summed E-state index contributed by atoms with van der Waals surface area (Å²) < 4.78 is 26.3. The largest absolute Gasteiger partial charge is 0.204 e. The highest BCUT2D eigenvalue weighted by Gasteiger charge is 2.13.